The van der Waals surface area contributed by atoms with Gasteiger partial charge >= 0.3 is 0 Å². The van der Waals surface area contributed by atoms with Crippen LogP contribution in [0.25, 0.3) is 10.8 Å². The fourth-order valence-corrected chi connectivity index (χ4v) is 2.84. The van der Waals surface area contributed by atoms with Crippen molar-refractivity contribution in [2.24, 2.45) is 4.99 Å². The molecule has 21 heavy (non-hydrogen) atoms. The molecule has 0 saturated heterocycles. The Morgan fingerprint density at radius 2 is 1.52 bits per heavy atom. The summed E-state index contributed by atoms with van der Waals surface area (Å²) < 4.78 is 0. The molecule has 1 heterocycles. The van der Waals surface area contributed by atoms with E-state index in [1.165, 1.54) is 22.0 Å². The minimum absolute atomic E-state index is 0. The first-order chi connectivity index (χ1) is 9.84. The molecule has 0 atom stereocenters. The van der Waals surface area contributed by atoms with Crippen molar-refractivity contribution in [3.05, 3.63) is 72.3 Å². The van der Waals surface area contributed by atoms with Gasteiger partial charge in [-0.1, -0.05) is 48.5 Å². The number of rotatable bonds is 1. The molecule has 104 valence electrons. The Kier molecular flexibility index (Phi) is 3.40. The summed E-state index contributed by atoms with van der Waals surface area (Å²) in [5.74, 6) is 1.02. The maximum atomic E-state index is 4.82. The fourth-order valence-electron chi connectivity index (χ4n) is 2.84. The van der Waals surface area contributed by atoms with Crippen LogP contribution < -0.4 is 4.90 Å². The molecule has 4 rings (SSSR count). The third-order valence-corrected chi connectivity index (χ3v) is 3.79. The molecule has 0 aliphatic carbocycles. The minimum atomic E-state index is 0. The SMILES string of the molecule is CN1/C(=N\c2ccccc2)c2cccc3cccc1c23.Cl. The number of hydrogen-bond acceptors (Lipinski definition) is 1. The number of para-hydroxylation sites is 1. The molecule has 3 heteroatoms. The molecule has 2 nitrogen and oxygen atoms in total. The number of halogens is 1. The van der Waals surface area contributed by atoms with Gasteiger partial charge in [0.05, 0.1) is 11.4 Å². The first kappa shape index (κ1) is 13.7. The van der Waals surface area contributed by atoms with Gasteiger partial charge in [-0.15, -0.1) is 12.4 Å². The van der Waals surface area contributed by atoms with Crippen LogP contribution in [-0.2, 0) is 0 Å². The second-order valence-electron chi connectivity index (χ2n) is 5.01. The van der Waals surface area contributed by atoms with Crippen LogP contribution in [0.3, 0.4) is 0 Å². The molecular weight excluding hydrogens is 280 g/mol. The Labute approximate surface area is 130 Å². The maximum Gasteiger partial charge on any atom is 0.141 e. The zero-order valence-electron chi connectivity index (χ0n) is 11.7. The van der Waals surface area contributed by atoms with Crippen LogP contribution in [0.5, 0.6) is 0 Å². The highest BCUT2D eigenvalue weighted by Crippen LogP contribution is 2.37. The number of anilines is 1. The summed E-state index contributed by atoms with van der Waals surface area (Å²) in [4.78, 5) is 6.99. The van der Waals surface area contributed by atoms with E-state index in [1.807, 2.05) is 30.3 Å². The van der Waals surface area contributed by atoms with Gasteiger partial charge in [0.2, 0.25) is 0 Å². The molecule has 1 aliphatic rings. The summed E-state index contributed by atoms with van der Waals surface area (Å²) >= 11 is 0. The largest absolute Gasteiger partial charge is 0.328 e. The van der Waals surface area contributed by atoms with Crippen molar-refractivity contribution in [2.75, 3.05) is 11.9 Å². The van der Waals surface area contributed by atoms with Gasteiger partial charge in [0.15, 0.2) is 0 Å². The maximum absolute atomic E-state index is 4.82. The number of aliphatic imine (C=N–C) groups is 1. The van der Waals surface area contributed by atoms with Crippen LogP contribution in [0.4, 0.5) is 11.4 Å². The zero-order valence-corrected chi connectivity index (χ0v) is 12.5. The molecule has 0 bridgehead atoms. The van der Waals surface area contributed by atoms with Crippen molar-refractivity contribution < 1.29 is 0 Å². The lowest BCUT2D eigenvalue weighted by atomic mass is 10.1. The van der Waals surface area contributed by atoms with Crippen LogP contribution in [0.1, 0.15) is 5.56 Å². The van der Waals surface area contributed by atoms with Crippen molar-refractivity contribution in [1.82, 2.24) is 0 Å². The Bertz CT molecular complexity index is 820. The third kappa shape index (κ3) is 2.08. The average Bonchev–Trinajstić information content (AvgIpc) is 2.77. The molecule has 0 spiro atoms. The second-order valence-corrected chi connectivity index (χ2v) is 5.01. The molecule has 3 aromatic carbocycles. The highest BCUT2D eigenvalue weighted by molar-refractivity contribution is 6.27. The summed E-state index contributed by atoms with van der Waals surface area (Å²) in [6.45, 7) is 0. The first-order valence-electron chi connectivity index (χ1n) is 6.74. The van der Waals surface area contributed by atoms with Gasteiger partial charge in [-0.3, -0.25) is 0 Å². The normalized spacial score (nSPS) is 14.5. The van der Waals surface area contributed by atoms with E-state index in [9.17, 15) is 0 Å². The molecule has 1 aliphatic heterocycles. The molecule has 0 amide bonds. The summed E-state index contributed by atoms with van der Waals surface area (Å²) in [5.41, 5.74) is 3.43. The smallest absolute Gasteiger partial charge is 0.141 e. The van der Waals surface area contributed by atoms with E-state index in [2.05, 4.69) is 48.3 Å². The summed E-state index contributed by atoms with van der Waals surface area (Å²) in [6.07, 6.45) is 0. The van der Waals surface area contributed by atoms with Crippen LogP contribution in [0, 0.1) is 0 Å². The third-order valence-electron chi connectivity index (χ3n) is 3.79. The van der Waals surface area contributed by atoms with E-state index in [-0.39, 0.29) is 12.4 Å². The monoisotopic (exact) mass is 294 g/mol. The van der Waals surface area contributed by atoms with Gasteiger partial charge in [0.25, 0.3) is 0 Å². The van der Waals surface area contributed by atoms with Gasteiger partial charge in [0.1, 0.15) is 5.84 Å². The molecule has 0 saturated carbocycles. The van der Waals surface area contributed by atoms with Crippen molar-refractivity contribution in [1.29, 1.82) is 0 Å². The molecule has 0 aromatic heterocycles. The van der Waals surface area contributed by atoms with Crippen LogP contribution in [0.15, 0.2) is 71.7 Å². The molecule has 0 fully saturated rings. The first-order valence-corrected chi connectivity index (χ1v) is 6.74. The van der Waals surface area contributed by atoms with Gasteiger partial charge in [-0.2, -0.15) is 0 Å². The van der Waals surface area contributed by atoms with Gasteiger partial charge in [-0.05, 0) is 23.6 Å². The van der Waals surface area contributed by atoms with E-state index in [0.29, 0.717) is 0 Å². The van der Waals surface area contributed by atoms with E-state index in [1.54, 1.807) is 0 Å². The molecule has 3 aromatic rings. The lowest BCUT2D eigenvalue weighted by molar-refractivity contribution is 1.29. The zero-order chi connectivity index (χ0) is 13.5. The van der Waals surface area contributed by atoms with Crippen molar-refractivity contribution >= 4 is 40.4 Å². The lowest BCUT2D eigenvalue weighted by Crippen LogP contribution is -2.21. The minimum Gasteiger partial charge on any atom is -0.328 e. The molecule has 0 radical (unpaired) electrons. The summed E-state index contributed by atoms with van der Waals surface area (Å²) in [5, 5.41) is 2.57. The standard InChI is InChI=1S/C18H14N2.ClH/c1-20-16-12-6-8-13-7-5-11-15(17(13)16)18(20)19-14-9-3-2-4-10-14;/h2-12H,1H3;1H/b19-18-;. The second kappa shape index (κ2) is 5.23. The fraction of sp³-hybridized carbons (Fsp3) is 0.0556. The number of benzene rings is 3. The van der Waals surface area contributed by atoms with Gasteiger partial charge < -0.3 is 4.90 Å². The van der Waals surface area contributed by atoms with Crippen LogP contribution in [0.2, 0.25) is 0 Å². The number of nitrogens with zero attached hydrogens (tertiary/aromatic N) is 2. The van der Waals surface area contributed by atoms with Crippen molar-refractivity contribution in [3.8, 4) is 0 Å². The van der Waals surface area contributed by atoms with Gasteiger partial charge in [0, 0.05) is 18.0 Å². The molecular formula is C18H15ClN2. The Balaban J connectivity index is 0.00000132. The van der Waals surface area contributed by atoms with E-state index >= 15 is 0 Å². The van der Waals surface area contributed by atoms with E-state index < -0.39 is 0 Å². The van der Waals surface area contributed by atoms with Crippen LogP contribution in [-0.4, -0.2) is 12.9 Å². The van der Waals surface area contributed by atoms with Crippen molar-refractivity contribution in [2.45, 2.75) is 0 Å². The number of hydrogen-bond donors (Lipinski definition) is 0. The van der Waals surface area contributed by atoms with E-state index in [0.717, 1.165) is 11.5 Å². The predicted molar refractivity (Wildman–Crippen MR) is 92.2 cm³/mol. The topological polar surface area (TPSA) is 15.6 Å². The Hall–Kier alpha value is -2.32. The summed E-state index contributed by atoms with van der Waals surface area (Å²) in [6, 6.07) is 22.9. The molecule has 0 N–H and O–H groups in total. The lowest BCUT2D eigenvalue weighted by Gasteiger charge is -2.14. The van der Waals surface area contributed by atoms with E-state index in [4.69, 9.17) is 4.99 Å². The quantitative estimate of drug-likeness (QED) is 0.630. The molecule has 0 unspecified atom stereocenters. The number of amidine groups is 1. The Morgan fingerprint density at radius 1 is 0.810 bits per heavy atom. The van der Waals surface area contributed by atoms with Crippen LogP contribution >= 0.6 is 12.4 Å². The summed E-state index contributed by atoms with van der Waals surface area (Å²) in [7, 11) is 2.08. The highest BCUT2D eigenvalue weighted by atomic mass is 35.5. The highest BCUT2D eigenvalue weighted by Gasteiger charge is 2.24. The Morgan fingerprint density at radius 3 is 2.29 bits per heavy atom. The average molecular weight is 295 g/mol. The van der Waals surface area contributed by atoms with Gasteiger partial charge in [-0.25, -0.2) is 4.99 Å². The predicted octanol–water partition coefficient (Wildman–Crippen LogP) is 4.79. The van der Waals surface area contributed by atoms with Crippen molar-refractivity contribution in [3.63, 3.8) is 0 Å².